The Labute approximate surface area is 169 Å². The lowest BCUT2D eigenvalue weighted by molar-refractivity contribution is 0.207. The molecular weight excluding hydrogens is 429 g/mol. The van der Waals surface area contributed by atoms with Crippen LogP contribution >= 0.6 is 24.0 Å². The molecule has 5 nitrogen and oxygen atoms in total. The van der Waals surface area contributed by atoms with Gasteiger partial charge in [-0.3, -0.25) is 4.99 Å². The number of nitrogens with zero attached hydrogens (tertiary/aromatic N) is 1. The van der Waals surface area contributed by atoms with Gasteiger partial charge in [0, 0.05) is 31.8 Å². The SMILES string of the molecule is CN=C(NCc1ccc(OC)cc1OC1CCCC1)NCC(C)C.I. The van der Waals surface area contributed by atoms with Crippen molar-refractivity contribution in [3.8, 4) is 11.5 Å². The van der Waals surface area contributed by atoms with E-state index in [1.54, 1.807) is 14.2 Å². The first-order valence-corrected chi connectivity index (χ1v) is 8.90. The largest absolute Gasteiger partial charge is 0.497 e. The molecular formula is C19H32IN3O2. The Kier molecular flexibility index (Phi) is 10.0. The summed E-state index contributed by atoms with van der Waals surface area (Å²) in [6, 6.07) is 6.02. The second-order valence-corrected chi connectivity index (χ2v) is 6.70. The van der Waals surface area contributed by atoms with Crippen molar-refractivity contribution in [2.24, 2.45) is 10.9 Å². The van der Waals surface area contributed by atoms with Crippen LogP contribution in [0, 0.1) is 5.92 Å². The summed E-state index contributed by atoms with van der Waals surface area (Å²) in [6.45, 7) is 5.92. The van der Waals surface area contributed by atoms with Crippen molar-refractivity contribution < 1.29 is 9.47 Å². The molecule has 0 radical (unpaired) electrons. The van der Waals surface area contributed by atoms with Gasteiger partial charge in [0.2, 0.25) is 0 Å². The summed E-state index contributed by atoms with van der Waals surface area (Å²) in [5, 5.41) is 6.69. The smallest absolute Gasteiger partial charge is 0.191 e. The molecule has 0 aliphatic heterocycles. The Morgan fingerprint density at radius 2 is 1.96 bits per heavy atom. The Morgan fingerprint density at radius 1 is 1.24 bits per heavy atom. The number of hydrogen-bond acceptors (Lipinski definition) is 3. The molecule has 0 bridgehead atoms. The molecule has 2 rings (SSSR count). The van der Waals surface area contributed by atoms with E-state index in [2.05, 4.69) is 35.5 Å². The van der Waals surface area contributed by atoms with E-state index < -0.39 is 0 Å². The highest BCUT2D eigenvalue weighted by atomic mass is 127. The third kappa shape index (κ3) is 7.30. The zero-order chi connectivity index (χ0) is 17.4. The van der Waals surface area contributed by atoms with Crippen molar-refractivity contribution in [2.45, 2.75) is 52.2 Å². The van der Waals surface area contributed by atoms with E-state index in [0.717, 1.165) is 42.4 Å². The van der Waals surface area contributed by atoms with Gasteiger partial charge in [-0.2, -0.15) is 0 Å². The summed E-state index contributed by atoms with van der Waals surface area (Å²) in [7, 11) is 3.48. The van der Waals surface area contributed by atoms with Crippen LogP contribution in [0.1, 0.15) is 45.1 Å². The third-order valence-electron chi connectivity index (χ3n) is 4.22. The molecule has 1 aliphatic rings. The number of methoxy groups -OCH3 is 1. The Hall–Kier alpha value is -1.18. The predicted octanol–water partition coefficient (Wildman–Crippen LogP) is 3.96. The van der Waals surface area contributed by atoms with Crippen LogP contribution in [0.3, 0.4) is 0 Å². The van der Waals surface area contributed by atoms with E-state index in [1.807, 2.05) is 12.1 Å². The molecule has 0 heterocycles. The molecule has 0 atom stereocenters. The zero-order valence-electron chi connectivity index (χ0n) is 15.8. The highest BCUT2D eigenvalue weighted by Gasteiger charge is 2.18. The van der Waals surface area contributed by atoms with Crippen LogP contribution in [0.4, 0.5) is 0 Å². The minimum atomic E-state index is 0. The van der Waals surface area contributed by atoms with Crippen LogP contribution in [0.2, 0.25) is 0 Å². The lowest BCUT2D eigenvalue weighted by atomic mass is 10.1. The molecule has 2 N–H and O–H groups in total. The Morgan fingerprint density at radius 3 is 2.56 bits per heavy atom. The number of aliphatic imine (C=N–C) groups is 1. The summed E-state index contributed by atoms with van der Waals surface area (Å²) >= 11 is 0. The van der Waals surface area contributed by atoms with E-state index in [-0.39, 0.29) is 24.0 Å². The van der Waals surface area contributed by atoms with Crippen molar-refractivity contribution in [1.82, 2.24) is 10.6 Å². The molecule has 0 amide bonds. The van der Waals surface area contributed by atoms with Crippen molar-refractivity contribution >= 4 is 29.9 Å². The Bertz CT molecular complexity index is 543. The van der Waals surface area contributed by atoms with Gasteiger partial charge in [-0.25, -0.2) is 0 Å². The third-order valence-corrected chi connectivity index (χ3v) is 4.22. The fraction of sp³-hybridized carbons (Fsp3) is 0.632. The fourth-order valence-electron chi connectivity index (χ4n) is 2.80. The van der Waals surface area contributed by atoms with Crippen LogP contribution in [-0.2, 0) is 6.54 Å². The molecule has 0 aromatic heterocycles. The van der Waals surface area contributed by atoms with Crippen molar-refractivity contribution in [3.63, 3.8) is 0 Å². The molecule has 1 aromatic carbocycles. The zero-order valence-corrected chi connectivity index (χ0v) is 18.1. The molecule has 1 saturated carbocycles. The molecule has 1 fully saturated rings. The minimum Gasteiger partial charge on any atom is -0.497 e. The van der Waals surface area contributed by atoms with Gasteiger partial charge in [0.1, 0.15) is 11.5 Å². The predicted molar refractivity (Wildman–Crippen MR) is 114 cm³/mol. The summed E-state index contributed by atoms with van der Waals surface area (Å²) in [5.74, 6) is 3.12. The molecule has 142 valence electrons. The molecule has 1 aromatic rings. The normalized spacial score (nSPS) is 15.0. The van der Waals surface area contributed by atoms with Gasteiger partial charge in [0.25, 0.3) is 0 Å². The van der Waals surface area contributed by atoms with E-state index in [1.165, 1.54) is 12.8 Å². The summed E-state index contributed by atoms with van der Waals surface area (Å²) < 4.78 is 11.6. The number of nitrogens with one attached hydrogen (secondary N) is 2. The summed E-state index contributed by atoms with van der Waals surface area (Å²) in [5.41, 5.74) is 1.12. The maximum atomic E-state index is 6.23. The van der Waals surface area contributed by atoms with E-state index >= 15 is 0 Å². The standard InChI is InChI=1S/C19H31N3O2.HI/c1-14(2)12-21-19(20-3)22-13-15-9-10-17(23-4)11-18(15)24-16-7-5-6-8-16;/h9-11,14,16H,5-8,12-13H2,1-4H3,(H2,20,21,22);1H. The lowest BCUT2D eigenvalue weighted by Gasteiger charge is -2.19. The highest BCUT2D eigenvalue weighted by Crippen LogP contribution is 2.29. The fourth-order valence-corrected chi connectivity index (χ4v) is 2.80. The van der Waals surface area contributed by atoms with Crippen LogP contribution in [-0.4, -0.2) is 32.8 Å². The number of rotatable bonds is 7. The summed E-state index contributed by atoms with van der Waals surface area (Å²) in [6.07, 6.45) is 5.12. The van der Waals surface area contributed by atoms with Crippen LogP contribution in [0.5, 0.6) is 11.5 Å². The maximum absolute atomic E-state index is 6.23. The van der Waals surface area contributed by atoms with Gasteiger partial charge >= 0.3 is 0 Å². The first-order valence-electron chi connectivity index (χ1n) is 8.90. The number of ether oxygens (including phenoxy) is 2. The van der Waals surface area contributed by atoms with Crippen molar-refractivity contribution in [3.05, 3.63) is 23.8 Å². The number of halogens is 1. The Balaban J connectivity index is 0.00000312. The number of guanidine groups is 1. The van der Waals surface area contributed by atoms with Gasteiger partial charge in [0.15, 0.2) is 5.96 Å². The first-order chi connectivity index (χ1) is 11.6. The van der Waals surface area contributed by atoms with Crippen LogP contribution in [0.15, 0.2) is 23.2 Å². The van der Waals surface area contributed by atoms with Gasteiger partial charge < -0.3 is 20.1 Å². The molecule has 0 spiro atoms. The van der Waals surface area contributed by atoms with Crippen LogP contribution in [0.25, 0.3) is 0 Å². The monoisotopic (exact) mass is 461 g/mol. The van der Waals surface area contributed by atoms with Gasteiger partial charge in [-0.1, -0.05) is 13.8 Å². The van der Waals surface area contributed by atoms with E-state index in [9.17, 15) is 0 Å². The quantitative estimate of drug-likeness (QED) is 0.367. The van der Waals surface area contributed by atoms with E-state index in [4.69, 9.17) is 9.47 Å². The van der Waals surface area contributed by atoms with Crippen LogP contribution < -0.4 is 20.1 Å². The second-order valence-electron chi connectivity index (χ2n) is 6.70. The van der Waals surface area contributed by atoms with Crippen molar-refractivity contribution in [1.29, 1.82) is 0 Å². The molecule has 0 saturated heterocycles. The molecule has 6 heteroatoms. The second kappa shape index (κ2) is 11.4. The van der Waals surface area contributed by atoms with Gasteiger partial charge in [-0.05, 0) is 43.7 Å². The average Bonchev–Trinajstić information content (AvgIpc) is 3.08. The number of hydrogen-bond donors (Lipinski definition) is 2. The molecule has 1 aliphatic carbocycles. The molecule has 25 heavy (non-hydrogen) atoms. The van der Waals surface area contributed by atoms with Crippen molar-refractivity contribution in [2.75, 3.05) is 20.7 Å². The first kappa shape index (κ1) is 21.9. The van der Waals surface area contributed by atoms with Gasteiger partial charge in [-0.15, -0.1) is 24.0 Å². The summed E-state index contributed by atoms with van der Waals surface area (Å²) in [4.78, 5) is 4.27. The minimum absolute atomic E-state index is 0. The average molecular weight is 461 g/mol. The highest BCUT2D eigenvalue weighted by molar-refractivity contribution is 14.0. The number of benzene rings is 1. The lowest BCUT2D eigenvalue weighted by Crippen LogP contribution is -2.38. The van der Waals surface area contributed by atoms with E-state index in [0.29, 0.717) is 18.6 Å². The topological polar surface area (TPSA) is 54.9 Å². The van der Waals surface area contributed by atoms with Gasteiger partial charge in [0.05, 0.1) is 13.2 Å². The molecule has 0 unspecified atom stereocenters. The maximum Gasteiger partial charge on any atom is 0.191 e.